The normalized spacial score (nSPS) is 19.6. The molecule has 0 saturated heterocycles. The molecule has 1 aliphatic rings. The van der Waals surface area contributed by atoms with E-state index in [9.17, 15) is 9.90 Å². The Kier molecular flexibility index (Phi) is 4.95. The Morgan fingerprint density at radius 1 is 1.18 bits per heavy atom. The molecule has 1 saturated carbocycles. The van der Waals surface area contributed by atoms with Crippen molar-refractivity contribution >= 4 is 17.1 Å². The van der Waals surface area contributed by atoms with Crippen LogP contribution in [0.5, 0.6) is 5.88 Å². The summed E-state index contributed by atoms with van der Waals surface area (Å²) in [4.78, 5) is 25.8. The lowest BCUT2D eigenvalue weighted by Crippen LogP contribution is -2.32. The number of nitrogens with zero attached hydrogens (tertiary/aromatic N) is 4. The van der Waals surface area contributed by atoms with Crippen LogP contribution in [0.25, 0.3) is 11.2 Å². The smallest absolute Gasteiger partial charge is 0.274 e. The van der Waals surface area contributed by atoms with Crippen LogP contribution < -0.4 is 16.0 Å². The topological polar surface area (TPSA) is 116 Å². The Labute approximate surface area is 162 Å². The standard InChI is InChI=1S/C20H23N5O3/c1-25-17-16(22-15(19(25)27)13-9-5-6-10-14(13)26)18(24-20(21)23-17)28-11-12-7-3-2-4-8-12/h2-4,7-8,13-14,26H,5-6,9-11H2,1H3,(H2,21,23,24). The molecule has 0 amide bonds. The van der Waals surface area contributed by atoms with Gasteiger partial charge >= 0.3 is 0 Å². The van der Waals surface area contributed by atoms with Gasteiger partial charge in [-0.15, -0.1) is 0 Å². The van der Waals surface area contributed by atoms with Crippen LogP contribution in [-0.4, -0.2) is 30.7 Å². The van der Waals surface area contributed by atoms with E-state index in [4.69, 9.17) is 10.5 Å². The third-order valence-corrected chi connectivity index (χ3v) is 5.22. The summed E-state index contributed by atoms with van der Waals surface area (Å²) in [6.45, 7) is 0.290. The van der Waals surface area contributed by atoms with Crippen LogP contribution in [0.2, 0.25) is 0 Å². The van der Waals surface area contributed by atoms with Gasteiger partial charge in [-0.3, -0.25) is 9.36 Å². The number of nitrogen functional groups attached to an aromatic ring is 1. The Bertz CT molecular complexity index is 1050. The zero-order valence-corrected chi connectivity index (χ0v) is 15.7. The van der Waals surface area contributed by atoms with Gasteiger partial charge in [-0.2, -0.15) is 9.97 Å². The summed E-state index contributed by atoms with van der Waals surface area (Å²) < 4.78 is 7.29. The number of rotatable bonds is 4. The molecular weight excluding hydrogens is 358 g/mol. The second kappa shape index (κ2) is 7.55. The quantitative estimate of drug-likeness (QED) is 0.709. The van der Waals surface area contributed by atoms with E-state index in [2.05, 4.69) is 15.0 Å². The average molecular weight is 381 g/mol. The third-order valence-electron chi connectivity index (χ3n) is 5.22. The number of ether oxygens (including phenoxy) is 1. The molecule has 0 spiro atoms. The van der Waals surface area contributed by atoms with Gasteiger partial charge in [0.1, 0.15) is 12.3 Å². The van der Waals surface area contributed by atoms with Gasteiger partial charge in [0.05, 0.1) is 6.10 Å². The number of aromatic nitrogens is 4. The number of hydrogen-bond donors (Lipinski definition) is 2. The molecule has 0 aliphatic heterocycles. The summed E-state index contributed by atoms with van der Waals surface area (Å²) in [5.74, 6) is -0.0531. The molecule has 28 heavy (non-hydrogen) atoms. The molecule has 1 fully saturated rings. The Morgan fingerprint density at radius 3 is 2.68 bits per heavy atom. The molecule has 2 atom stereocenters. The van der Waals surface area contributed by atoms with Gasteiger partial charge in [0.2, 0.25) is 11.8 Å². The van der Waals surface area contributed by atoms with Crippen LogP contribution in [0, 0.1) is 0 Å². The lowest BCUT2D eigenvalue weighted by atomic mass is 9.84. The Morgan fingerprint density at radius 2 is 1.93 bits per heavy atom. The van der Waals surface area contributed by atoms with Gasteiger partial charge in [0, 0.05) is 13.0 Å². The van der Waals surface area contributed by atoms with Crippen LogP contribution in [-0.2, 0) is 13.7 Å². The van der Waals surface area contributed by atoms with Crippen molar-refractivity contribution in [2.75, 3.05) is 5.73 Å². The Balaban J connectivity index is 1.80. The van der Waals surface area contributed by atoms with Gasteiger partial charge in [-0.1, -0.05) is 43.2 Å². The summed E-state index contributed by atoms with van der Waals surface area (Å²) >= 11 is 0. The number of aryl methyl sites for hydroxylation is 1. The van der Waals surface area contributed by atoms with Crippen molar-refractivity contribution in [3.8, 4) is 5.88 Å². The van der Waals surface area contributed by atoms with E-state index in [1.54, 1.807) is 7.05 Å². The van der Waals surface area contributed by atoms with Crippen molar-refractivity contribution in [2.24, 2.45) is 7.05 Å². The maximum absolute atomic E-state index is 12.9. The molecule has 2 unspecified atom stereocenters. The molecule has 1 aliphatic carbocycles. The highest BCUT2D eigenvalue weighted by Crippen LogP contribution is 2.32. The molecule has 2 heterocycles. The number of nitrogens with two attached hydrogens (primary N) is 1. The van der Waals surface area contributed by atoms with Crippen LogP contribution in [0.15, 0.2) is 35.1 Å². The monoisotopic (exact) mass is 381 g/mol. The number of fused-ring (bicyclic) bond motifs is 1. The summed E-state index contributed by atoms with van der Waals surface area (Å²) in [6.07, 6.45) is 2.74. The maximum atomic E-state index is 12.9. The zero-order chi connectivity index (χ0) is 19.7. The molecule has 8 nitrogen and oxygen atoms in total. The summed E-state index contributed by atoms with van der Waals surface area (Å²) in [6, 6.07) is 9.67. The maximum Gasteiger partial charge on any atom is 0.274 e. The van der Waals surface area contributed by atoms with Crippen LogP contribution in [0.3, 0.4) is 0 Å². The number of hydrogen-bond acceptors (Lipinski definition) is 7. The second-order valence-corrected chi connectivity index (χ2v) is 7.15. The molecule has 3 aromatic rings. The largest absolute Gasteiger partial charge is 0.471 e. The first-order chi connectivity index (χ1) is 13.5. The van der Waals surface area contributed by atoms with E-state index >= 15 is 0 Å². The van der Waals surface area contributed by atoms with Gasteiger partial charge in [-0.05, 0) is 18.4 Å². The predicted molar refractivity (Wildman–Crippen MR) is 105 cm³/mol. The van der Waals surface area contributed by atoms with Crippen LogP contribution >= 0.6 is 0 Å². The van der Waals surface area contributed by atoms with Gasteiger partial charge in [0.15, 0.2) is 11.2 Å². The number of anilines is 1. The number of aliphatic hydroxyl groups excluding tert-OH is 1. The van der Waals surface area contributed by atoms with Gasteiger partial charge < -0.3 is 15.6 Å². The fourth-order valence-corrected chi connectivity index (χ4v) is 3.71. The van der Waals surface area contributed by atoms with Crippen molar-refractivity contribution in [3.05, 3.63) is 51.9 Å². The van der Waals surface area contributed by atoms with Crippen molar-refractivity contribution in [3.63, 3.8) is 0 Å². The third kappa shape index (κ3) is 3.43. The fraction of sp³-hybridized carbons (Fsp3) is 0.400. The first kappa shape index (κ1) is 18.4. The Hall–Kier alpha value is -3.00. The summed E-state index contributed by atoms with van der Waals surface area (Å²) in [7, 11) is 1.62. The minimum Gasteiger partial charge on any atom is -0.471 e. The number of aliphatic hydroxyl groups is 1. The first-order valence-corrected chi connectivity index (χ1v) is 9.43. The lowest BCUT2D eigenvalue weighted by molar-refractivity contribution is 0.104. The SMILES string of the molecule is Cn1c(=O)c(C2CCCCC2O)nc2c(OCc3ccccc3)nc(N)nc21. The van der Waals surface area contributed by atoms with Crippen molar-refractivity contribution in [1.82, 2.24) is 19.5 Å². The summed E-state index contributed by atoms with van der Waals surface area (Å²) in [5, 5.41) is 10.4. The minimum absolute atomic E-state index is 0.0119. The highest BCUT2D eigenvalue weighted by Gasteiger charge is 2.30. The predicted octanol–water partition coefficient (Wildman–Crippen LogP) is 1.90. The van der Waals surface area contributed by atoms with E-state index in [1.807, 2.05) is 30.3 Å². The lowest BCUT2D eigenvalue weighted by Gasteiger charge is -2.27. The van der Waals surface area contributed by atoms with E-state index in [0.29, 0.717) is 23.3 Å². The van der Waals surface area contributed by atoms with E-state index in [1.165, 1.54) is 4.57 Å². The molecular formula is C20H23N5O3. The van der Waals surface area contributed by atoms with Crippen molar-refractivity contribution < 1.29 is 9.84 Å². The van der Waals surface area contributed by atoms with Gasteiger partial charge in [0.25, 0.3) is 5.56 Å². The molecule has 1 aromatic carbocycles. The zero-order valence-electron chi connectivity index (χ0n) is 15.7. The number of benzene rings is 1. The minimum atomic E-state index is -0.574. The molecule has 146 valence electrons. The fourth-order valence-electron chi connectivity index (χ4n) is 3.71. The van der Waals surface area contributed by atoms with E-state index in [0.717, 1.165) is 24.8 Å². The van der Waals surface area contributed by atoms with E-state index < -0.39 is 6.10 Å². The summed E-state index contributed by atoms with van der Waals surface area (Å²) in [5.41, 5.74) is 7.55. The highest BCUT2D eigenvalue weighted by atomic mass is 16.5. The molecule has 8 heteroatoms. The first-order valence-electron chi connectivity index (χ1n) is 9.43. The van der Waals surface area contributed by atoms with E-state index in [-0.39, 0.29) is 29.9 Å². The molecule has 3 N–H and O–H groups in total. The molecule has 0 radical (unpaired) electrons. The van der Waals surface area contributed by atoms with Crippen molar-refractivity contribution in [2.45, 2.75) is 44.3 Å². The van der Waals surface area contributed by atoms with Crippen LogP contribution in [0.1, 0.15) is 42.9 Å². The van der Waals surface area contributed by atoms with Gasteiger partial charge in [-0.25, -0.2) is 4.98 Å². The van der Waals surface area contributed by atoms with Crippen molar-refractivity contribution in [1.29, 1.82) is 0 Å². The molecule has 2 aromatic heterocycles. The highest BCUT2D eigenvalue weighted by molar-refractivity contribution is 5.77. The average Bonchev–Trinajstić information content (AvgIpc) is 2.71. The van der Waals surface area contributed by atoms with Crippen LogP contribution in [0.4, 0.5) is 5.95 Å². The second-order valence-electron chi connectivity index (χ2n) is 7.15. The molecule has 4 rings (SSSR count). The molecule has 0 bridgehead atoms.